The van der Waals surface area contributed by atoms with Crippen LogP contribution in [0.4, 0.5) is 0 Å². The van der Waals surface area contributed by atoms with Crippen LogP contribution in [0.3, 0.4) is 0 Å². The third-order valence-corrected chi connectivity index (χ3v) is 6.10. The zero-order valence-electron chi connectivity index (χ0n) is 27.2. The molecule has 240 valence electrons. The van der Waals surface area contributed by atoms with E-state index in [-0.39, 0.29) is 61.3 Å². The van der Waals surface area contributed by atoms with Gasteiger partial charge >= 0.3 is 39.0 Å². The Bertz CT molecular complexity index is 1220. The molecule has 0 saturated heterocycles. The summed E-state index contributed by atoms with van der Waals surface area (Å²) >= 11 is 0. The minimum Gasteiger partial charge on any atom is -0.872 e. The molecule has 46 heavy (non-hydrogen) atoms. The van der Waals surface area contributed by atoms with Crippen LogP contribution in [0.1, 0.15) is 87.8 Å². The van der Waals surface area contributed by atoms with Crippen molar-refractivity contribution < 1.29 is 59.3 Å². The van der Waals surface area contributed by atoms with Gasteiger partial charge in [-0.1, -0.05) is 77.3 Å². The summed E-state index contributed by atoms with van der Waals surface area (Å²) in [6.45, 7) is 14.9. The maximum Gasteiger partial charge on any atom is 2.00 e. The summed E-state index contributed by atoms with van der Waals surface area (Å²) in [7, 11) is 0. The predicted molar refractivity (Wildman–Crippen MR) is 169 cm³/mol. The Morgan fingerprint density at radius 2 is 0.717 bits per heavy atom. The van der Waals surface area contributed by atoms with Gasteiger partial charge in [-0.15, -0.1) is 0 Å². The molecule has 0 atom stereocenters. The topological polar surface area (TPSA) is 228 Å². The van der Waals surface area contributed by atoms with Gasteiger partial charge < -0.3 is 40.9 Å². The molecule has 16 heteroatoms. The van der Waals surface area contributed by atoms with E-state index >= 15 is 0 Å². The van der Waals surface area contributed by atoms with Gasteiger partial charge in [-0.2, -0.15) is 0 Å². The number of hydrogen-bond donors (Lipinski definition) is 0. The van der Waals surface area contributed by atoms with Gasteiger partial charge in [0, 0.05) is 51.0 Å². The molecule has 0 aliphatic carbocycles. The van der Waals surface area contributed by atoms with Crippen molar-refractivity contribution >= 4 is 24.9 Å². The van der Waals surface area contributed by atoms with Crippen molar-refractivity contribution in [2.45, 2.75) is 65.2 Å². The number of hydrogen-bond acceptors (Lipinski definition) is 12. The molecule has 1 aliphatic rings. The maximum atomic E-state index is 13.0. The van der Waals surface area contributed by atoms with Crippen molar-refractivity contribution in [1.82, 2.24) is 0 Å². The summed E-state index contributed by atoms with van der Waals surface area (Å²) in [5.74, 6) is -0.117. The molecule has 0 aromatic heterocycles. The van der Waals surface area contributed by atoms with E-state index in [1.807, 2.05) is 24.3 Å². The fourth-order valence-corrected chi connectivity index (χ4v) is 3.76. The fraction of sp³-hybridized carbons (Fsp3) is 0.467. The van der Waals surface area contributed by atoms with Gasteiger partial charge in [0.05, 0.1) is 10.2 Å². The van der Waals surface area contributed by atoms with Gasteiger partial charge in [0.25, 0.3) is 0 Å². The summed E-state index contributed by atoms with van der Waals surface area (Å²) in [5, 5.41) is 55.5. The van der Waals surface area contributed by atoms with Crippen molar-refractivity contribution in [2.24, 2.45) is 20.0 Å². The first-order valence-corrected chi connectivity index (χ1v) is 13.8. The predicted octanol–water partition coefficient (Wildman–Crippen LogP) is 4.12. The van der Waals surface area contributed by atoms with Crippen molar-refractivity contribution in [3.05, 3.63) is 88.3 Å². The zero-order chi connectivity index (χ0) is 33.5. The van der Waals surface area contributed by atoms with Gasteiger partial charge in [0.15, 0.2) is 0 Å². The van der Waals surface area contributed by atoms with Gasteiger partial charge in [-0.05, 0) is 57.1 Å². The van der Waals surface area contributed by atoms with E-state index in [0.717, 1.165) is 24.0 Å². The number of fused-ring (bicyclic) bond motifs is 4. The van der Waals surface area contributed by atoms with E-state index in [0.29, 0.717) is 48.4 Å². The Hall–Kier alpha value is -3.63. The normalized spacial score (nSPS) is 13.3. The molecular weight excluding hydrogens is 703 g/mol. The van der Waals surface area contributed by atoms with Crippen molar-refractivity contribution in [1.29, 1.82) is 0 Å². The third-order valence-electron chi connectivity index (χ3n) is 6.10. The molecule has 4 bridgehead atoms. The van der Waals surface area contributed by atoms with E-state index < -0.39 is 10.2 Å². The van der Waals surface area contributed by atoms with Gasteiger partial charge in [0.1, 0.15) is 0 Å². The first kappa shape index (κ1) is 44.5. The van der Waals surface area contributed by atoms with Crippen LogP contribution in [0.15, 0.2) is 44.2 Å². The number of benzene rings is 2. The molecule has 0 amide bonds. The van der Waals surface area contributed by atoms with E-state index in [1.165, 1.54) is 0 Å². The Morgan fingerprint density at radius 3 is 0.891 bits per heavy atom. The van der Waals surface area contributed by atoms with Crippen LogP contribution in [-0.4, -0.2) is 61.2 Å². The number of aliphatic imine (C=N–C) groups is 4. The van der Waals surface area contributed by atoms with Crippen LogP contribution in [0.5, 0.6) is 11.5 Å². The minimum atomic E-state index is -1.75. The summed E-state index contributed by atoms with van der Waals surface area (Å²) in [6.07, 6.45) is 8.11. The van der Waals surface area contributed by atoms with Crippen molar-refractivity contribution in [2.75, 3.05) is 26.2 Å². The smallest absolute Gasteiger partial charge is 0.872 e. The van der Waals surface area contributed by atoms with E-state index in [1.54, 1.807) is 24.9 Å². The van der Waals surface area contributed by atoms with Crippen LogP contribution in [0.2, 0.25) is 0 Å². The second-order valence-electron chi connectivity index (χ2n) is 11.8. The van der Waals surface area contributed by atoms with Crippen LogP contribution in [0.25, 0.3) is 0 Å². The molecular formula is C30H38N6O8Zn2. The molecule has 2 aromatic rings. The average Bonchev–Trinajstić information content (AvgIpc) is 2.88. The Labute approximate surface area is 294 Å². The van der Waals surface area contributed by atoms with Crippen LogP contribution in [-0.2, 0) is 49.8 Å². The standard InChI is InChI=1S/C30H40N4O2.2NO3.2Zn/c1-29(2,3)25-13-21-17-31-9-7-11-33-19-23-15-26(30(4,5)6)16-24(28(23)36)20-34-12-8-10-32-18-22(14-25)27(21)35;2*2-1(3)4;;/h13-20,35-36H,7-12H2,1-6H3;;;;/q;2*-1;2*+2/p-2. The fourth-order valence-electron chi connectivity index (χ4n) is 3.76. The molecule has 0 unspecified atom stereocenters. The summed E-state index contributed by atoms with van der Waals surface area (Å²) in [4.78, 5) is 34.4. The van der Waals surface area contributed by atoms with E-state index in [2.05, 4.69) is 61.5 Å². The molecule has 2 aromatic carbocycles. The van der Waals surface area contributed by atoms with E-state index in [4.69, 9.17) is 30.6 Å². The number of rotatable bonds is 0. The van der Waals surface area contributed by atoms with Crippen molar-refractivity contribution in [3.63, 3.8) is 0 Å². The average molecular weight is 741 g/mol. The molecule has 3 rings (SSSR count). The van der Waals surface area contributed by atoms with Crippen LogP contribution >= 0.6 is 0 Å². The van der Waals surface area contributed by atoms with Gasteiger partial charge in [-0.3, -0.25) is 20.0 Å². The number of nitrogens with zero attached hydrogens (tertiary/aromatic N) is 6. The molecule has 0 fully saturated rings. The molecule has 0 saturated carbocycles. The van der Waals surface area contributed by atoms with E-state index in [9.17, 15) is 10.2 Å². The zero-order valence-corrected chi connectivity index (χ0v) is 33.2. The van der Waals surface area contributed by atoms with Crippen LogP contribution < -0.4 is 10.2 Å². The summed E-state index contributed by atoms with van der Waals surface area (Å²) in [6, 6.07) is 7.71. The minimum absolute atomic E-state index is 0. The monoisotopic (exact) mass is 738 g/mol. The first-order chi connectivity index (χ1) is 20.4. The third kappa shape index (κ3) is 17.2. The molecule has 0 radical (unpaired) electrons. The maximum absolute atomic E-state index is 13.0. The molecule has 1 aliphatic heterocycles. The molecule has 0 N–H and O–H groups in total. The van der Waals surface area contributed by atoms with Gasteiger partial charge in [-0.25, -0.2) is 0 Å². The second kappa shape index (κ2) is 21.2. The van der Waals surface area contributed by atoms with Gasteiger partial charge in [0.2, 0.25) is 0 Å². The molecule has 14 nitrogen and oxygen atoms in total. The SMILES string of the molecule is CC(C)(C)c1cc2c([O-])c(c1)C=NCCCN=Cc1cc(C(C)(C)C)cc(c1[O-])C=NCCCN=C2.O=[N+]([O-])[O-].O=[N+]([O-])[O-].[Zn+2].[Zn+2]. The Balaban J connectivity index is 0. The quantitative estimate of drug-likeness (QED) is 0.216. The second-order valence-corrected chi connectivity index (χ2v) is 11.8. The largest absolute Gasteiger partial charge is 2.00 e. The Morgan fingerprint density at radius 1 is 0.522 bits per heavy atom. The summed E-state index contributed by atoms with van der Waals surface area (Å²) in [5.41, 5.74) is 4.26. The van der Waals surface area contributed by atoms with Crippen LogP contribution in [0, 0.1) is 30.6 Å². The van der Waals surface area contributed by atoms with Crippen molar-refractivity contribution in [3.8, 4) is 11.5 Å². The molecule has 1 heterocycles. The summed E-state index contributed by atoms with van der Waals surface area (Å²) < 4.78 is 0. The first-order valence-electron chi connectivity index (χ1n) is 13.8. The Kier molecular flexibility index (Phi) is 20.5. The molecule has 0 spiro atoms.